The molecule has 6 rings (SSSR count). The minimum atomic E-state index is 0.700. The Hall–Kier alpha value is -4.40. The van der Waals surface area contributed by atoms with Crippen LogP contribution in [0.4, 0.5) is 11.4 Å². The molecule has 0 bridgehead atoms. The molecule has 2 aliphatic heterocycles. The number of nitrogens with zero attached hydrogens (tertiary/aromatic N) is 8. The Kier molecular flexibility index (Phi) is 8.63. The molecule has 2 aliphatic rings. The van der Waals surface area contributed by atoms with Crippen LogP contribution < -0.4 is 9.80 Å². The van der Waals surface area contributed by atoms with Gasteiger partial charge in [-0.25, -0.2) is 0 Å². The molecule has 8 heteroatoms. The molecule has 0 radical (unpaired) electrons. The molecule has 0 atom stereocenters. The molecule has 4 aromatic rings. The second-order valence-electron chi connectivity index (χ2n) is 11.1. The Labute approximate surface area is 248 Å². The third-order valence-corrected chi connectivity index (χ3v) is 8.05. The third-order valence-electron chi connectivity index (χ3n) is 8.05. The standard InChI is InChI=1S/C34H38N8/c1-39-19-23-41(24-20-39)31-13-5-27(6-14-31)3-9-29-11-17-33(37-35-29)34-18-12-30(36-38-34)10-4-28-7-15-32(16-8-28)42-25-21-40(2)22-26-42/h3-18H,19-26H2,1-2H3/b9-3+,10-4+. The highest BCUT2D eigenvalue weighted by atomic mass is 15.3. The smallest absolute Gasteiger partial charge is 0.113 e. The van der Waals surface area contributed by atoms with Gasteiger partial charge in [0.2, 0.25) is 0 Å². The number of aromatic nitrogens is 4. The maximum atomic E-state index is 4.38. The molecule has 0 aliphatic carbocycles. The zero-order chi connectivity index (χ0) is 28.7. The van der Waals surface area contributed by atoms with Crippen molar-refractivity contribution in [3.63, 3.8) is 0 Å². The molecule has 8 nitrogen and oxygen atoms in total. The highest BCUT2D eigenvalue weighted by molar-refractivity contribution is 5.71. The van der Waals surface area contributed by atoms with E-state index >= 15 is 0 Å². The summed E-state index contributed by atoms with van der Waals surface area (Å²) < 4.78 is 0. The van der Waals surface area contributed by atoms with Gasteiger partial charge in [0.15, 0.2) is 0 Å². The van der Waals surface area contributed by atoms with E-state index < -0.39 is 0 Å². The molecule has 0 amide bonds. The molecular formula is C34H38N8. The molecule has 2 fully saturated rings. The van der Waals surface area contributed by atoms with Crippen LogP contribution in [0.2, 0.25) is 0 Å². The van der Waals surface area contributed by atoms with Crippen molar-refractivity contribution in [1.82, 2.24) is 30.2 Å². The average molecular weight is 559 g/mol. The first-order valence-electron chi connectivity index (χ1n) is 14.7. The van der Waals surface area contributed by atoms with Gasteiger partial charge in [-0.2, -0.15) is 10.2 Å². The van der Waals surface area contributed by atoms with Crippen LogP contribution in [0, 0.1) is 0 Å². The molecule has 2 aromatic heterocycles. The highest BCUT2D eigenvalue weighted by Gasteiger charge is 2.15. The number of likely N-dealkylation sites (N-methyl/N-ethyl adjacent to an activating group) is 2. The summed E-state index contributed by atoms with van der Waals surface area (Å²) in [5.41, 5.74) is 7.83. The van der Waals surface area contributed by atoms with Crippen LogP contribution >= 0.6 is 0 Å². The van der Waals surface area contributed by atoms with Crippen molar-refractivity contribution in [1.29, 1.82) is 0 Å². The maximum Gasteiger partial charge on any atom is 0.113 e. The average Bonchev–Trinajstić information content (AvgIpc) is 3.05. The summed E-state index contributed by atoms with van der Waals surface area (Å²) in [5, 5.41) is 17.5. The lowest BCUT2D eigenvalue weighted by molar-refractivity contribution is 0.313. The van der Waals surface area contributed by atoms with Gasteiger partial charge < -0.3 is 19.6 Å². The molecule has 0 spiro atoms. The number of anilines is 2. The van der Waals surface area contributed by atoms with Crippen LogP contribution in [0.25, 0.3) is 35.7 Å². The van der Waals surface area contributed by atoms with E-state index in [1.54, 1.807) is 0 Å². The minimum Gasteiger partial charge on any atom is -0.369 e. The van der Waals surface area contributed by atoms with E-state index in [1.165, 1.54) is 11.4 Å². The normalized spacial score (nSPS) is 17.0. The first-order chi connectivity index (χ1) is 20.6. The van der Waals surface area contributed by atoms with Crippen LogP contribution in [-0.2, 0) is 0 Å². The Morgan fingerprint density at radius 2 is 0.810 bits per heavy atom. The molecule has 4 heterocycles. The van der Waals surface area contributed by atoms with Gasteiger partial charge in [-0.1, -0.05) is 36.4 Å². The number of rotatable bonds is 7. The van der Waals surface area contributed by atoms with Crippen molar-refractivity contribution in [2.75, 3.05) is 76.3 Å². The zero-order valence-corrected chi connectivity index (χ0v) is 24.5. The quantitative estimate of drug-likeness (QED) is 0.321. The number of hydrogen-bond acceptors (Lipinski definition) is 8. The summed E-state index contributed by atoms with van der Waals surface area (Å²) in [6, 6.07) is 25.2. The monoisotopic (exact) mass is 558 g/mol. The van der Waals surface area contributed by atoms with Crippen LogP contribution in [0.5, 0.6) is 0 Å². The van der Waals surface area contributed by atoms with Gasteiger partial charge in [-0.15, -0.1) is 10.2 Å². The van der Waals surface area contributed by atoms with E-state index in [1.807, 2.05) is 36.4 Å². The van der Waals surface area contributed by atoms with Gasteiger partial charge in [0, 0.05) is 63.7 Å². The minimum absolute atomic E-state index is 0.700. The lowest BCUT2D eigenvalue weighted by Gasteiger charge is -2.34. The predicted molar refractivity (Wildman–Crippen MR) is 173 cm³/mol. The number of benzene rings is 2. The van der Waals surface area contributed by atoms with Crippen LogP contribution in [0.15, 0.2) is 72.8 Å². The van der Waals surface area contributed by atoms with Gasteiger partial charge >= 0.3 is 0 Å². The van der Waals surface area contributed by atoms with Crippen LogP contribution in [-0.4, -0.2) is 96.6 Å². The summed E-state index contributed by atoms with van der Waals surface area (Å²) in [6.07, 6.45) is 8.11. The van der Waals surface area contributed by atoms with E-state index in [9.17, 15) is 0 Å². The van der Waals surface area contributed by atoms with E-state index in [2.05, 4.69) is 115 Å². The highest BCUT2D eigenvalue weighted by Crippen LogP contribution is 2.20. The van der Waals surface area contributed by atoms with Crippen LogP contribution in [0.1, 0.15) is 22.5 Å². The zero-order valence-electron chi connectivity index (χ0n) is 24.5. The summed E-state index contributed by atoms with van der Waals surface area (Å²) in [7, 11) is 4.36. The molecule has 214 valence electrons. The van der Waals surface area contributed by atoms with E-state index in [-0.39, 0.29) is 0 Å². The van der Waals surface area contributed by atoms with Gasteiger partial charge in [0.05, 0.1) is 11.4 Å². The summed E-state index contributed by atoms with van der Waals surface area (Å²) >= 11 is 0. The van der Waals surface area contributed by atoms with Gasteiger partial charge in [0.1, 0.15) is 11.4 Å². The maximum absolute atomic E-state index is 4.38. The number of hydrogen-bond donors (Lipinski definition) is 0. The lowest BCUT2D eigenvalue weighted by atomic mass is 10.1. The van der Waals surface area contributed by atoms with E-state index in [0.29, 0.717) is 11.4 Å². The van der Waals surface area contributed by atoms with Crippen molar-refractivity contribution >= 4 is 35.7 Å². The molecule has 0 saturated carbocycles. The Morgan fingerprint density at radius 3 is 1.14 bits per heavy atom. The first-order valence-corrected chi connectivity index (χ1v) is 14.7. The van der Waals surface area contributed by atoms with Gasteiger partial charge in [-0.05, 0) is 85.9 Å². The van der Waals surface area contributed by atoms with Crippen molar-refractivity contribution in [3.05, 3.63) is 95.3 Å². The second kappa shape index (κ2) is 13.1. The van der Waals surface area contributed by atoms with E-state index in [0.717, 1.165) is 74.9 Å². The fraction of sp³-hybridized carbons (Fsp3) is 0.294. The summed E-state index contributed by atoms with van der Waals surface area (Å²) in [6.45, 7) is 8.72. The topological polar surface area (TPSA) is 64.5 Å². The van der Waals surface area contributed by atoms with Crippen molar-refractivity contribution in [2.45, 2.75) is 0 Å². The lowest BCUT2D eigenvalue weighted by Crippen LogP contribution is -2.44. The number of piperazine rings is 2. The SMILES string of the molecule is CN1CCN(c2ccc(/C=C/c3ccc(-c4ccc(/C=C/c5ccc(N6CCN(C)CC6)cc5)nn4)nn3)cc2)CC1. The third kappa shape index (κ3) is 7.08. The summed E-state index contributed by atoms with van der Waals surface area (Å²) in [4.78, 5) is 9.62. The van der Waals surface area contributed by atoms with Crippen molar-refractivity contribution < 1.29 is 0 Å². The molecule has 42 heavy (non-hydrogen) atoms. The fourth-order valence-electron chi connectivity index (χ4n) is 5.22. The second-order valence-corrected chi connectivity index (χ2v) is 11.1. The molecule has 0 unspecified atom stereocenters. The first kappa shape index (κ1) is 27.8. The van der Waals surface area contributed by atoms with Gasteiger partial charge in [-0.3, -0.25) is 0 Å². The Balaban J connectivity index is 1.02. The Bertz CT molecular complexity index is 1360. The largest absolute Gasteiger partial charge is 0.369 e. The summed E-state index contributed by atoms with van der Waals surface area (Å²) in [5.74, 6) is 0. The fourth-order valence-corrected chi connectivity index (χ4v) is 5.22. The van der Waals surface area contributed by atoms with Gasteiger partial charge in [0.25, 0.3) is 0 Å². The molecule has 2 saturated heterocycles. The van der Waals surface area contributed by atoms with E-state index in [4.69, 9.17) is 0 Å². The van der Waals surface area contributed by atoms with Crippen LogP contribution in [0.3, 0.4) is 0 Å². The Morgan fingerprint density at radius 1 is 0.429 bits per heavy atom. The molecule has 0 N–H and O–H groups in total. The van der Waals surface area contributed by atoms with Crippen molar-refractivity contribution in [3.8, 4) is 11.4 Å². The van der Waals surface area contributed by atoms with Crippen molar-refractivity contribution in [2.24, 2.45) is 0 Å². The molecular weight excluding hydrogens is 520 g/mol. The predicted octanol–water partition coefficient (Wildman–Crippen LogP) is 4.78. The molecule has 2 aromatic carbocycles.